The summed E-state index contributed by atoms with van der Waals surface area (Å²) in [6.07, 6.45) is 6.13. The summed E-state index contributed by atoms with van der Waals surface area (Å²) in [5.74, 6) is 0.463. The summed E-state index contributed by atoms with van der Waals surface area (Å²) >= 11 is 0. The Hall–Kier alpha value is -1.52. The smallest absolute Gasteiger partial charge is 0.343 e. The minimum atomic E-state index is -0.320. The summed E-state index contributed by atoms with van der Waals surface area (Å²) in [5, 5.41) is 7.75. The molecule has 2 rings (SSSR count). The lowest BCUT2D eigenvalue weighted by Crippen LogP contribution is -2.25. The van der Waals surface area contributed by atoms with E-state index in [1.54, 1.807) is 4.68 Å². The molecule has 1 aliphatic carbocycles. The first-order chi connectivity index (χ1) is 8.63. The molecule has 1 aromatic rings. The molecule has 1 saturated carbocycles. The zero-order chi connectivity index (χ0) is 13.1. The molecule has 0 saturated heterocycles. The van der Waals surface area contributed by atoms with Gasteiger partial charge in [0.25, 0.3) is 0 Å². The molecule has 0 amide bonds. The van der Waals surface area contributed by atoms with Gasteiger partial charge in [-0.1, -0.05) is 19.3 Å². The lowest BCUT2D eigenvalue weighted by Gasteiger charge is -2.24. The minimum Gasteiger partial charge on any atom is -0.465 e. The third-order valence-corrected chi connectivity index (χ3v) is 3.56. The van der Waals surface area contributed by atoms with E-state index in [1.165, 1.54) is 26.4 Å². The number of carbonyl (C=O) groups is 1. The van der Waals surface area contributed by atoms with Crippen LogP contribution in [0.25, 0.3) is 0 Å². The molecule has 5 heteroatoms. The van der Waals surface area contributed by atoms with Crippen LogP contribution in [0.4, 0.5) is 5.82 Å². The standard InChI is InChI=1S/C13H21N3O2/c1-9-11(13(17)18-3)12(16(2)15-9)14-10-7-5-4-6-8-10/h10,14H,4-8H2,1-3H3. The van der Waals surface area contributed by atoms with Crippen molar-refractivity contribution in [2.24, 2.45) is 7.05 Å². The first kappa shape index (κ1) is 12.9. The molecule has 1 aromatic heterocycles. The quantitative estimate of drug-likeness (QED) is 0.837. The second kappa shape index (κ2) is 5.42. The molecule has 0 atom stereocenters. The van der Waals surface area contributed by atoms with Gasteiger partial charge in [-0.05, 0) is 19.8 Å². The normalized spacial score (nSPS) is 16.6. The van der Waals surface area contributed by atoms with Gasteiger partial charge in [0.15, 0.2) is 0 Å². The van der Waals surface area contributed by atoms with E-state index in [1.807, 2.05) is 14.0 Å². The number of aryl methyl sites for hydroxylation is 2. The highest BCUT2D eigenvalue weighted by molar-refractivity contribution is 5.96. The Balaban J connectivity index is 2.22. The molecule has 1 aliphatic rings. The monoisotopic (exact) mass is 251 g/mol. The van der Waals surface area contributed by atoms with Crippen molar-refractivity contribution in [3.05, 3.63) is 11.3 Å². The predicted octanol–water partition coefficient (Wildman–Crippen LogP) is 2.26. The number of methoxy groups -OCH3 is 1. The number of anilines is 1. The molecular formula is C13H21N3O2. The summed E-state index contributed by atoms with van der Waals surface area (Å²) in [6, 6.07) is 0.442. The summed E-state index contributed by atoms with van der Waals surface area (Å²) < 4.78 is 6.56. The molecule has 100 valence electrons. The lowest BCUT2D eigenvalue weighted by molar-refractivity contribution is 0.0601. The fourth-order valence-electron chi connectivity index (χ4n) is 2.61. The Morgan fingerprint density at radius 2 is 2.06 bits per heavy atom. The second-order valence-corrected chi connectivity index (χ2v) is 4.90. The number of hydrogen-bond donors (Lipinski definition) is 1. The van der Waals surface area contributed by atoms with Crippen molar-refractivity contribution in [2.75, 3.05) is 12.4 Å². The van der Waals surface area contributed by atoms with Crippen LogP contribution in [0, 0.1) is 6.92 Å². The number of hydrogen-bond acceptors (Lipinski definition) is 4. The van der Waals surface area contributed by atoms with Gasteiger partial charge >= 0.3 is 5.97 Å². The maximum absolute atomic E-state index is 11.8. The van der Waals surface area contributed by atoms with Gasteiger partial charge in [0, 0.05) is 13.1 Å². The number of ether oxygens (including phenoxy) is 1. The van der Waals surface area contributed by atoms with Crippen molar-refractivity contribution in [1.29, 1.82) is 0 Å². The maximum atomic E-state index is 11.8. The minimum absolute atomic E-state index is 0.320. The highest BCUT2D eigenvalue weighted by Gasteiger charge is 2.23. The Bertz CT molecular complexity index is 434. The number of carbonyl (C=O) groups excluding carboxylic acids is 1. The molecule has 1 fully saturated rings. The highest BCUT2D eigenvalue weighted by Crippen LogP contribution is 2.25. The van der Waals surface area contributed by atoms with Crippen molar-refractivity contribution in [3.63, 3.8) is 0 Å². The third-order valence-electron chi connectivity index (χ3n) is 3.56. The molecular weight excluding hydrogens is 230 g/mol. The maximum Gasteiger partial charge on any atom is 0.343 e. The van der Waals surface area contributed by atoms with E-state index >= 15 is 0 Å². The third kappa shape index (κ3) is 2.49. The molecule has 1 heterocycles. The molecule has 0 aliphatic heterocycles. The van der Waals surface area contributed by atoms with E-state index in [2.05, 4.69) is 10.4 Å². The van der Waals surface area contributed by atoms with Gasteiger partial charge < -0.3 is 10.1 Å². The molecule has 18 heavy (non-hydrogen) atoms. The van der Waals surface area contributed by atoms with Crippen molar-refractivity contribution in [1.82, 2.24) is 9.78 Å². The van der Waals surface area contributed by atoms with Gasteiger partial charge in [0.2, 0.25) is 0 Å². The molecule has 0 radical (unpaired) electrons. The van der Waals surface area contributed by atoms with Gasteiger partial charge in [-0.15, -0.1) is 0 Å². The van der Waals surface area contributed by atoms with E-state index in [-0.39, 0.29) is 5.97 Å². The van der Waals surface area contributed by atoms with Crippen molar-refractivity contribution in [2.45, 2.75) is 45.1 Å². The van der Waals surface area contributed by atoms with Crippen LogP contribution < -0.4 is 5.32 Å². The van der Waals surface area contributed by atoms with E-state index in [9.17, 15) is 4.79 Å². The Kier molecular flexibility index (Phi) is 3.89. The van der Waals surface area contributed by atoms with Crippen LogP contribution in [0.2, 0.25) is 0 Å². The zero-order valence-corrected chi connectivity index (χ0v) is 11.3. The number of nitrogens with one attached hydrogen (secondary N) is 1. The van der Waals surface area contributed by atoms with Crippen molar-refractivity contribution in [3.8, 4) is 0 Å². The van der Waals surface area contributed by atoms with Crippen LogP contribution in [0.15, 0.2) is 0 Å². The van der Waals surface area contributed by atoms with Crippen LogP contribution in [0.5, 0.6) is 0 Å². The molecule has 0 spiro atoms. The number of esters is 1. The second-order valence-electron chi connectivity index (χ2n) is 4.90. The molecule has 0 unspecified atom stereocenters. The average molecular weight is 251 g/mol. The molecule has 1 N–H and O–H groups in total. The Labute approximate surface area is 108 Å². The van der Waals surface area contributed by atoms with Gasteiger partial charge in [0.05, 0.1) is 12.8 Å². The van der Waals surface area contributed by atoms with E-state index in [0.29, 0.717) is 17.3 Å². The fourth-order valence-corrected chi connectivity index (χ4v) is 2.61. The van der Waals surface area contributed by atoms with E-state index in [0.717, 1.165) is 18.7 Å². The van der Waals surface area contributed by atoms with Crippen LogP contribution in [0.3, 0.4) is 0 Å². The summed E-state index contributed by atoms with van der Waals surface area (Å²) in [7, 11) is 3.25. The van der Waals surface area contributed by atoms with Crippen molar-refractivity contribution < 1.29 is 9.53 Å². The Morgan fingerprint density at radius 1 is 1.39 bits per heavy atom. The largest absolute Gasteiger partial charge is 0.465 e. The molecule has 0 bridgehead atoms. The SMILES string of the molecule is COC(=O)c1c(C)nn(C)c1NC1CCCCC1. The van der Waals surface area contributed by atoms with Gasteiger partial charge in [-0.3, -0.25) is 4.68 Å². The summed E-state index contributed by atoms with van der Waals surface area (Å²) in [4.78, 5) is 11.8. The first-order valence-corrected chi connectivity index (χ1v) is 6.52. The highest BCUT2D eigenvalue weighted by atomic mass is 16.5. The number of rotatable bonds is 3. The van der Waals surface area contributed by atoms with Crippen LogP contribution >= 0.6 is 0 Å². The zero-order valence-electron chi connectivity index (χ0n) is 11.3. The first-order valence-electron chi connectivity index (χ1n) is 6.52. The molecule has 0 aromatic carbocycles. The predicted molar refractivity (Wildman–Crippen MR) is 69.8 cm³/mol. The van der Waals surface area contributed by atoms with Crippen molar-refractivity contribution >= 4 is 11.8 Å². The Morgan fingerprint density at radius 3 is 2.67 bits per heavy atom. The van der Waals surface area contributed by atoms with E-state index in [4.69, 9.17) is 4.74 Å². The number of aromatic nitrogens is 2. The van der Waals surface area contributed by atoms with E-state index < -0.39 is 0 Å². The average Bonchev–Trinajstić information content (AvgIpc) is 2.65. The van der Waals surface area contributed by atoms with Crippen LogP contribution in [-0.4, -0.2) is 28.9 Å². The van der Waals surface area contributed by atoms with Gasteiger partial charge in [0.1, 0.15) is 11.4 Å². The number of nitrogens with zero attached hydrogens (tertiary/aromatic N) is 2. The van der Waals surface area contributed by atoms with Gasteiger partial charge in [-0.25, -0.2) is 4.79 Å². The van der Waals surface area contributed by atoms with Gasteiger partial charge in [-0.2, -0.15) is 5.10 Å². The van der Waals surface area contributed by atoms with Crippen LogP contribution in [0.1, 0.15) is 48.2 Å². The summed E-state index contributed by atoms with van der Waals surface area (Å²) in [5.41, 5.74) is 1.27. The fraction of sp³-hybridized carbons (Fsp3) is 0.692. The lowest BCUT2D eigenvalue weighted by atomic mass is 9.95. The summed E-state index contributed by atoms with van der Waals surface area (Å²) in [6.45, 7) is 1.83. The van der Waals surface area contributed by atoms with Crippen LogP contribution in [-0.2, 0) is 11.8 Å². The molecule has 5 nitrogen and oxygen atoms in total. The topological polar surface area (TPSA) is 56.1 Å².